The van der Waals surface area contributed by atoms with E-state index in [0.29, 0.717) is 0 Å². The fourth-order valence-corrected chi connectivity index (χ4v) is 0.972. The number of ketones is 1. The number of Topliss-reactive ketones (excluding diaryl/α,β-unsaturated/α-hetero) is 1. The summed E-state index contributed by atoms with van der Waals surface area (Å²) in [6.07, 6.45) is 1.66. The first-order valence-electron chi connectivity index (χ1n) is 3.97. The third-order valence-electron chi connectivity index (χ3n) is 1.83. The van der Waals surface area contributed by atoms with Crippen molar-refractivity contribution in [2.24, 2.45) is 5.92 Å². The lowest BCUT2D eigenvalue weighted by Gasteiger charge is -2.03. The molecular formula is C11H12O. The summed E-state index contributed by atoms with van der Waals surface area (Å²) in [5, 5.41) is 0. The average molecular weight is 160 g/mol. The molecule has 1 atom stereocenters. The van der Waals surface area contributed by atoms with E-state index in [1.807, 2.05) is 37.3 Å². The molecule has 0 amide bonds. The van der Waals surface area contributed by atoms with Crippen molar-refractivity contribution >= 4 is 5.78 Å². The Kier molecular flexibility index (Phi) is 2.81. The molecule has 0 N–H and O–H groups in total. The van der Waals surface area contributed by atoms with Crippen LogP contribution in [-0.4, -0.2) is 5.78 Å². The summed E-state index contributed by atoms with van der Waals surface area (Å²) in [6, 6.07) is 9.27. The maximum Gasteiger partial charge on any atom is 0.169 e. The summed E-state index contributed by atoms with van der Waals surface area (Å²) in [7, 11) is 0. The zero-order valence-corrected chi connectivity index (χ0v) is 7.16. The van der Waals surface area contributed by atoms with Crippen LogP contribution in [0.15, 0.2) is 43.0 Å². The molecule has 1 rings (SSSR count). The largest absolute Gasteiger partial charge is 0.294 e. The monoisotopic (exact) mass is 160 g/mol. The van der Waals surface area contributed by atoms with Gasteiger partial charge in [-0.1, -0.05) is 43.3 Å². The number of hydrogen-bond acceptors (Lipinski definition) is 1. The molecule has 0 fully saturated rings. The smallest absolute Gasteiger partial charge is 0.169 e. The fourth-order valence-electron chi connectivity index (χ4n) is 0.972. The van der Waals surface area contributed by atoms with Gasteiger partial charge in [-0.15, -0.1) is 6.58 Å². The highest BCUT2D eigenvalue weighted by atomic mass is 16.1. The second kappa shape index (κ2) is 3.86. The molecule has 0 unspecified atom stereocenters. The quantitative estimate of drug-likeness (QED) is 0.490. The van der Waals surface area contributed by atoms with Crippen LogP contribution in [0.1, 0.15) is 17.3 Å². The van der Waals surface area contributed by atoms with E-state index in [-0.39, 0.29) is 11.7 Å². The van der Waals surface area contributed by atoms with E-state index >= 15 is 0 Å². The topological polar surface area (TPSA) is 17.1 Å². The maximum atomic E-state index is 11.5. The summed E-state index contributed by atoms with van der Waals surface area (Å²) in [5.41, 5.74) is 0.755. The van der Waals surface area contributed by atoms with Gasteiger partial charge in [-0.25, -0.2) is 0 Å². The summed E-state index contributed by atoms with van der Waals surface area (Å²) < 4.78 is 0. The number of hydrogen-bond donors (Lipinski definition) is 0. The number of benzene rings is 1. The van der Waals surface area contributed by atoms with Crippen LogP contribution >= 0.6 is 0 Å². The molecule has 1 aromatic rings. The molecule has 0 heterocycles. The first kappa shape index (κ1) is 8.72. The molecule has 0 saturated carbocycles. The van der Waals surface area contributed by atoms with Gasteiger partial charge < -0.3 is 0 Å². The molecule has 0 aliphatic carbocycles. The molecule has 62 valence electrons. The Balaban J connectivity index is 2.85. The fraction of sp³-hybridized carbons (Fsp3) is 0.182. The van der Waals surface area contributed by atoms with Gasteiger partial charge in [-0.05, 0) is 0 Å². The molecular weight excluding hydrogens is 148 g/mol. The van der Waals surface area contributed by atoms with E-state index < -0.39 is 0 Å². The van der Waals surface area contributed by atoms with Crippen molar-refractivity contribution in [3.63, 3.8) is 0 Å². The molecule has 0 aliphatic rings. The normalized spacial score (nSPS) is 12.1. The number of carbonyl (C=O) groups excluding carboxylic acids is 1. The van der Waals surface area contributed by atoms with Crippen LogP contribution in [0, 0.1) is 5.92 Å². The lowest BCUT2D eigenvalue weighted by molar-refractivity contribution is 0.0953. The Bertz CT molecular complexity index is 274. The minimum absolute atomic E-state index is 0.0904. The van der Waals surface area contributed by atoms with E-state index in [0.717, 1.165) is 5.56 Å². The van der Waals surface area contributed by atoms with Crippen LogP contribution in [0.2, 0.25) is 0 Å². The van der Waals surface area contributed by atoms with Gasteiger partial charge in [0.25, 0.3) is 0 Å². The van der Waals surface area contributed by atoms with E-state index in [1.165, 1.54) is 0 Å². The molecule has 1 aromatic carbocycles. The zero-order valence-electron chi connectivity index (χ0n) is 7.16. The van der Waals surface area contributed by atoms with E-state index in [2.05, 4.69) is 6.58 Å². The molecule has 12 heavy (non-hydrogen) atoms. The molecule has 0 aliphatic heterocycles. The average Bonchev–Trinajstić information content (AvgIpc) is 2.17. The number of rotatable bonds is 3. The SMILES string of the molecule is C=C[C@H](C)C(=O)c1ccccc1. The van der Waals surface area contributed by atoms with Crippen LogP contribution in [0.5, 0.6) is 0 Å². The molecule has 0 spiro atoms. The van der Waals surface area contributed by atoms with Crippen molar-refractivity contribution in [3.05, 3.63) is 48.6 Å². The van der Waals surface area contributed by atoms with Crippen molar-refractivity contribution in [2.45, 2.75) is 6.92 Å². The standard InChI is InChI=1S/C11H12O/c1-3-9(2)11(12)10-7-5-4-6-8-10/h3-9H,1H2,2H3/t9-/m0/s1. The van der Waals surface area contributed by atoms with Crippen molar-refractivity contribution in [1.82, 2.24) is 0 Å². The molecule has 0 saturated heterocycles. The van der Waals surface area contributed by atoms with Crippen LogP contribution in [0.4, 0.5) is 0 Å². The summed E-state index contributed by atoms with van der Waals surface area (Å²) in [5.74, 6) is 0.0398. The van der Waals surface area contributed by atoms with Gasteiger partial charge in [0.15, 0.2) is 5.78 Å². The second-order valence-electron chi connectivity index (χ2n) is 2.75. The van der Waals surface area contributed by atoms with Crippen LogP contribution in [-0.2, 0) is 0 Å². The van der Waals surface area contributed by atoms with Gasteiger partial charge in [0, 0.05) is 11.5 Å². The van der Waals surface area contributed by atoms with Gasteiger partial charge in [0.1, 0.15) is 0 Å². The predicted octanol–water partition coefficient (Wildman–Crippen LogP) is 2.69. The van der Waals surface area contributed by atoms with Gasteiger partial charge >= 0.3 is 0 Å². The highest BCUT2D eigenvalue weighted by molar-refractivity contribution is 5.98. The lowest BCUT2D eigenvalue weighted by atomic mass is 10.00. The van der Waals surface area contributed by atoms with Crippen LogP contribution in [0.25, 0.3) is 0 Å². The Morgan fingerprint density at radius 3 is 2.50 bits per heavy atom. The highest BCUT2D eigenvalue weighted by Crippen LogP contribution is 2.08. The van der Waals surface area contributed by atoms with Gasteiger partial charge in [0.05, 0.1) is 0 Å². The molecule has 1 nitrogen and oxygen atoms in total. The van der Waals surface area contributed by atoms with Gasteiger partial charge in [0.2, 0.25) is 0 Å². The van der Waals surface area contributed by atoms with Crippen LogP contribution < -0.4 is 0 Å². The maximum absolute atomic E-state index is 11.5. The Morgan fingerprint density at radius 1 is 1.42 bits per heavy atom. The van der Waals surface area contributed by atoms with Crippen LogP contribution in [0.3, 0.4) is 0 Å². The van der Waals surface area contributed by atoms with Gasteiger partial charge in [-0.3, -0.25) is 4.79 Å². The third kappa shape index (κ3) is 1.82. The summed E-state index contributed by atoms with van der Waals surface area (Å²) >= 11 is 0. The number of allylic oxidation sites excluding steroid dienone is 1. The third-order valence-corrected chi connectivity index (χ3v) is 1.83. The summed E-state index contributed by atoms with van der Waals surface area (Å²) in [4.78, 5) is 11.5. The van der Waals surface area contributed by atoms with Crippen molar-refractivity contribution < 1.29 is 4.79 Å². The Labute approximate surface area is 72.7 Å². The predicted molar refractivity (Wildman–Crippen MR) is 50.1 cm³/mol. The molecule has 0 bridgehead atoms. The first-order valence-corrected chi connectivity index (χ1v) is 3.97. The second-order valence-corrected chi connectivity index (χ2v) is 2.75. The van der Waals surface area contributed by atoms with E-state index in [4.69, 9.17) is 0 Å². The van der Waals surface area contributed by atoms with Gasteiger partial charge in [-0.2, -0.15) is 0 Å². The molecule has 0 aromatic heterocycles. The van der Waals surface area contributed by atoms with Crippen molar-refractivity contribution in [1.29, 1.82) is 0 Å². The van der Waals surface area contributed by atoms with Crippen molar-refractivity contribution in [3.8, 4) is 0 Å². The minimum Gasteiger partial charge on any atom is -0.294 e. The Morgan fingerprint density at radius 2 is 2.00 bits per heavy atom. The number of carbonyl (C=O) groups is 1. The van der Waals surface area contributed by atoms with E-state index in [9.17, 15) is 4.79 Å². The lowest BCUT2D eigenvalue weighted by Crippen LogP contribution is -2.07. The Hall–Kier alpha value is -1.37. The first-order chi connectivity index (χ1) is 5.75. The van der Waals surface area contributed by atoms with E-state index in [1.54, 1.807) is 6.08 Å². The van der Waals surface area contributed by atoms with Crippen molar-refractivity contribution in [2.75, 3.05) is 0 Å². The summed E-state index contributed by atoms with van der Waals surface area (Å²) in [6.45, 7) is 5.44. The molecule has 0 radical (unpaired) electrons. The molecule has 1 heteroatoms. The minimum atomic E-state index is -0.0904. The zero-order chi connectivity index (χ0) is 8.97. The highest BCUT2D eigenvalue weighted by Gasteiger charge is 2.09.